The molecule has 7 heteroatoms. The largest absolute Gasteiger partial charge is 0.508 e. The SMILES string of the molecule is C=CCN=c1scc(-c2cccs2)n1N=Cc1ccc(O)cc1O. The molecule has 2 heterocycles. The fraction of sp³-hybridized carbons (Fsp3) is 0.0588. The monoisotopic (exact) mass is 357 g/mol. The van der Waals surface area contributed by atoms with Crippen molar-refractivity contribution in [1.29, 1.82) is 0 Å². The van der Waals surface area contributed by atoms with E-state index in [0.717, 1.165) is 15.4 Å². The molecule has 0 aliphatic carbocycles. The predicted molar refractivity (Wildman–Crippen MR) is 99.0 cm³/mol. The van der Waals surface area contributed by atoms with Crippen LogP contribution in [0.15, 0.2) is 63.8 Å². The van der Waals surface area contributed by atoms with Crippen LogP contribution in [0.25, 0.3) is 10.6 Å². The van der Waals surface area contributed by atoms with Crippen molar-refractivity contribution in [2.24, 2.45) is 10.1 Å². The van der Waals surface area contributed by atoms with E-state index in [1.165, 1.54) is 23.5 Å². The molecule has 5 nitrogen and oxygen atoms in total. The van der Waals surface area contributed by atoms with Gasteiger partial charge in [-0.2, -0.15) is 5.10 Å². The Labute approximate surface area is 146 Å². The van der Waals surface area contributed by atoms with Crippen LogP contribution >= 0.6 is 22.7 Å². The van der Waals surface area contributed by atoms with E-state index in [4.69, 9.17) is 0 Å². The first-order valence-electron chi connectivity index (χ1n) is 7.11. The first-order chi connectivity index (χ1) is 11.7. The van der Waals surface area contributed by atoms with Gasteiger partial charge in [-0.1, -0.05) is 12.1 Å². The average molecular weight is 357 g/mol. The number of nitrogens with zero attached hydrogens (tertiary/aromatic N) is 3. The topological polar surface area (TPSA) is 70.1 Å². The van der Waals surface area contributed by atoms with E-state index < -0.39 is 0 Å². The number of benzene rings is 1. The Kier molecular flexibility index (Phi) is 4.93. The van der Waals surface area contributed by atoms with Crippen LogP contribution in [0.5, 0.6) is 11.5 Å². The summed E-state index contributed by atoms with van der Waals surface area (Å²) in [4.78, 5) is 6.28. The fourth-order valence-corrected chi connectivity index (χ4v) is 3.66. The van der Waals surface area contributed by atoms with Crippen molar-refractivity contribution in [1.82, 2.24) is 4.68 Å². The van der Waals surface area contributed by atoms with Gasteiger partial charge in [-0.3, -0.25) is 4.99 Å². The summed E-state index contributed by atoms with van der Waals surface area (Å²) in [5.41, 5.74) is 1.45. The van der Waals surface area contributed by atoms with Crippen LogP contribution in [-0.4, -0.2) is 27.6 Å². The number of thiazole rings is 1. The number of hydrogen-bond acceptors (Lipinski definition) is 6. The lowest BCUT2D eigenvalue weighted by molar-refractivity contribution is 0.450. The summed E-state index contributed by atoms with van der Waals surface area (Å²) >= 11 is 3.12. The summed E-state index contributed by atoms with van der Waals surface area (Å²) in [6.45, 7) is 4.19. The van der Waals surface area contributed by atoms with E-state index in [1.807, 2.05) is 22.9 Å². The molecule has 1 aromatic carbocycles. The van der Waals surface area contributed by atoms with Crippen LogP contribution in [-0.2, 0) is 0 Å². The molecule has 2 N–H and O–H groups in total. The summed E-state index contributed by atoms with van der Waals surface area (Å²) < 4.78 is 1.74. The molecule has 0 atom stereocenters. The molecule has 122 valence electrons. The molecule has 0 unspecified atom stereocenters. The number of aromatic nitrogens is 1. The van der Waals surface area contributed by atoms with Crippen LogP contribution in [0, 0.1) is 0 Å². The average Bonchev–Trinajstić information content (AvgIpc) is 3.21. The van der Waals surface area contributed by atoms with Crippen molar-refractivity contribution < 1.29 is 10.2 Å². The van der Waals surface area contributed by atoms with Crippen molar-refractivity contribution in [2.75, 3.05) is 6.54 Å². The zero-order valence-electron chi connectivity index (χ0n) is 12.7. The second kappa shape index (κ2) is 7.29. The van der Waals surface area contributed by atoms with E-state index in [1.54, 1.807) is 34.4 Å². The summed E-state index contributed by atoms with van der Waals surface area (Å²) in [7, 11) is 0. The molecule has 3 aromatic rings. The smallest absolute Gasteiger partial charge is 0.206 e. The summed E-state index contributed by atoms with van der Waals surface area (Å²) in [6, 6.07) is 8.39. The van der Waals surface area contributed by atoms with E-state index in [0.29, 0.717) is 12.1 Å². The standard InChI is InChI=1S/C17H15N3O2S2/c1-2-7-18-17-20(14(11-24-17)16-4-3-8-23-16)19-10-12-5-6-13(21)9-15(12)22/h2-6,8-11,21-22H,1,7H2. The number of phenolic OH excluding ortho intramolecular Hbond substituents is 2. The molecule has 0 aliphatic heterocycles. The molecule has 0 fully saturated rings. The van der Waals surface area contributed by atoms with Crippen molar-refractivity contribution in [2.45, 2.75) is 0 Å². The number of aromatic hydroxyl groups is 2. The zero-order valence-corrected chi connectivity index (χ0v) is 14.3. The highest BCUT2D eigenvalue weighted by molar-refractivity contribution is 7.14. The number of rotatable bonds is 5. The summed E-state index contributed by atoms with van der Waals surface area (Å²) in [5.74, 6) is -0.0226. The van der Waals surface area contributed by atoms with E-state index in [9.17, 15) is 10.2 Å². The van der Waals surface area contributed by atoms with Crippen molar-refractivity contribution in [3.8, 4) is 22.1 Å². The van der Waals surface area contributed by atoms with Gasteiger partial charge in [-0.15, -0.1) is 29.3 Å². The van der Waals surface area contributed by atoms with Crippen LogP contribution in [0.4, 0.5) is 0 Å². The van der Waals surface area contributed by atoms with Gasteiger partial charge < -0.3 is 10.2 Å². The molecule has 2 aromatic heterocycles. The molecule has 0 aliphatic rings. The second-order valence-electron chi connectivity index (χ2n) is 4.81. The Balaban J connectivity index is 2.06. The fourth-order valence-electron chi connectivity index (χ4n) is 2.02. The first-order valence-corrected chi connectivity index (χ1v) is 8.87. The highest BCUT2D eigenvalue weighted by Gasteiger charge is 2.08. The predicted octanol–water partition coefficient (Wildman–Crippen LogP) is 3.66. The van der Waals surface area contributed by atoms with Gasteiger partial charge in [0.05, 0.1) is 23.3 Å². The zero-order chi connectivity index (χ0) is 16.9. The maximum Gasteiger partial charge on any atom is 0.206 e. The minimum Gasteiger partial charge on any atom is -0.508 e. The second-order valence-corrected chi connectivity index (χ2v) is 6.59. The molecule has 0 amide bonds. The van der Waals surface area contributed by atoms with E-state index in [2.05, 4.69) is 16.7 Å². The third-order valence-corrected chi connectivity index (χ3v) is 4.89. The van der Waals surface area contributed by atoms with E-state index in [-0.39, 0.29) is 11.5 Å². The Morgan fingerprint density at radius 1 is 1.21 bits per heavy atom. The minimum absolute atomic E-state index is 0.00813. The molecule has 0 radical (unpaired) electrons. The molecular formula is C17H15N3O2S2. The van der Waals surface area contributed by atoms with Gasteiger partial charge in [0.1, 0.15) is 11.5 Å². The van der Waals surface area contributed by atoms with Crippen LogP contribution in [0.1, 0.15) is 5.56 Å². The summed E-state index contributed by atoms with van der Waals surface area (Å²) in [6.07, 6.45) is 3.27. The Morgan fingerprint density at radius 3 is 2.79 bits per heavy atom. The lowest BCUT2D eigenvalue weighted by Crippen LogP contribution is -2.12. The Bertz CT molecular complexity index is 937. The molecule has 0 saturated carbocycles. The Hall–Kier alpha value is -2.64. The molecule has 0 saturated heterocycles. The van der Waals surface area contributed by atoms with Crippen LogP contribution in [0.3, 0.4) is 0 Å². The number of thiophene rings is 1. The van der Waals surface area contributed by atoms with Gasteiger partial charge in [0.2, 0.25) is 4.80 Å². The van der Waals surface area contributed by atoms with Gasteiger partial charge in [0.25, 0.3) is 0 Å². The van der Waals surface area contributed by atoms with E-state index >= 15 is 0 Å². The lowest BCUT2D eigenvalue weighted by atomic mass is 10.2. The number of phenols is 2. The minimum atomic E-state index is -0.0307. The number of hydrogen-bond donors (Lipinski definition) is 2. The van der Waals surface area contributed by atoms with Crippen molar-refractivity contribution >= 4 is 28.9 Å². The third kappa shape index (κ3) is 3.47. The van der Waals surface area contributed by atoms with Crippen LogP contribution in [0.2, 0.25) is 0 Å². The molecule has 3 rings (SSSR count). The maximum absolute atomic E-state index is 9.89. The molecular weight excluding hydrogens is 342 g/mol. The highest BCUT2D eigenvalue weighted by Crippen LogP contribution is 2.25. The van der Waals surface area contributed by atoms with Gasteiger partial charge in [-0.05, 0) is 23.6 Å². The lowest BCUT2D eigenvalue weighted by Gasteiger charge is -2.02. The normalized spacial score (nSPS) is 12.1. The van der Waals surface area contributed by atoms with Crippen molar-refractivity contribution in [3.05, 3.63) is 64.1 Å². The van der Waals surface area contributed by atoms with Gasteiger partial charge in [0.15, 0.2) is 0 Å². The molecule has 0 bridgehead atoms. The maximum atomic E-state index is 9.89. The first kappa shape index (κ1) is 16.2. The van der Waals surface area contributed by atoms with Gasteiger partial charge in [-0.25, -0.2) is 4.68 Å². The third-order valence-electron chi connectivity index (χ3n) is 3.14. The van der Waals surface area contributed by atoms with Gasteiger partial charge >= 0.3 is 0 Å². The Morgan fingerprint density at radius 2 is 2.08 bits per heavy atom. The highest BCUT2D eigenvalue weighted by atomic mass is 32.1. The van der Waals surface area contributed by atoms with Gasteiger partial charge in [0, 0.05) is 17.0 Å². The molecule has 24 heavy (non-hydrogen) atoms. The quantitative estimate of drug-likeness (QED) is 0.540. The molecule has 0 spiro atoms. The van der Waals surface area contributed by atoms with Crippen LogP contribution < -0.4 is 4.80 Å². The summed E-state index contributed by atoms with van der Waals surface area (Å²) in [5, 5.41) is 27.7. The van der Waals surface area contributed by atoms with Crippen molar-refractivity contribution in [3.63, 3.8) is 0 Å².